The molecular weight excluding hydrogens is 412 g/mol. The molecular formula is C23H22N4O5. The van der Waals surface area contributed by atoms with E-state index in [0.717, 1.165) is 16.8 Å². The summed E-state index contributed by atoms with van der Waals surface area (Å²) in [6.45, 7) is 0.325. The Morgan fingerprint density at radius 2 is 1.84 bits per heavy atom. The molecule has 2 heterocycles. The van der Waals surface area contributed by atoms with Crippen LogP contribution in [-0.4, -0.2) is 41.9 Å². The third kappa shape index (κ3) is 4.61. The van der Waals surface area contributed by atoms with Gasteiger partial charge in [0, 0.05) is 30.2 Å². The van der Waals surface area contributed by atoms with Crippen molar-refractivity contribution < 1.29 is 23.6 Å². The van der Waals surface area contributed by atoms with E-state index in [1.807, 2.05) is 30.3 Å². The summed E-state index contributed by atoms with van der Waals surface area (Å²) < 4.78 is 15.5. The Bertz CT molecular complexity index is 1140. The van der Waals surface area contributed by atoms with Gasteiger partial charge in [0.15, 0.2) is 11.5 Å². The summed E-state index contributed by atoms with van der Waals surface area (Å²) in [5.41, 5.74) is 3.18. The Kier molecular flexibility index (Phi) is 6.16. The number of ether oxygens (including phenoxy) is 2. The topological polar surface area (TPSA) is 106 Å². The number of carbonyl (C=O) groups excluding carboxylic acids is 2. The fourth-order valence-corrected chi connectivity index (χ4v) is 3.34. The molecule has 0 saturated heterocycles. The highest BCUT2D eigenvalue weighted by atomic mass is 16.5. The first-order chi connectivity index (χ1) is 15.6. The molecule has 1 aromatic heterocycles. The van der Waals surface area contributed by atoms with Crippen LogP contribution in [0.4, 0.5) is 5.69 Å². The SMILES string of the molecule is COc1ccc(C2=NN(Cc3ccc(NC(=O)c4ccno4)cc3)C(=O)CC2)cc1OC. The summed E-state index contributed by atoms with van der Waals surface area (Å²) in [4.78, 5) is 24.5. The number of carbonyl (C=O) groups is 2. The first-order valence-electron chi connectivity index (χ1n) is 9.98. The van der Waals surface area contributed by atoms with Crippen molar-refractivity contribution in [3.8, 4) is 11.5 Å². The van der Waals surface area contributed by atoms with Gasteiger partial charge in [-0.25, -0.2) is 5.01 Å². The summed E-state index contributed by atoms with van der Waals surface area (Å²) in [6, 6.07) is 14.3. The fourth-order valence-electron chi connectivity index (χ4n) is 3.34. The summed E-state index contributed by atoms with van der Waals surface area (Å²) in [7, 11) is 3.17. The van der Waals surface area contributed by atoms with Crippen molar-refractivity contribution in [3.63, 3.8) is 0 Å². The number of hydrogen-bond donors (Lipinski definition) is 1. The molecule has 1 aliphatic heterocycles. The standard InChI is InChI=1S/C23H22N4O5/c1-30-19-9-5-16(13-21(19)31-2)18-8-10-22(28)27(26-18)14-15-3-6-17(7-4-15)25-23(29)20-11-12-24-32-20/h3-7,9,11-13H,8,10,14H2,1-2H3,(H,25,29). The molecule has 0 spiro atoms. The Morgan fingerprint density at radius 1 is 1.06 bits per heavy atom. The molecule has 164 valence electrons. The lowest BCUT2D eigenvalue weighted by Crippen LogP contribution is -2.31. The summed E-state index contributed by atoms with van der Waals surface area (Å²) in [6.07, 6.45) is 2.33. The van der Waals surface area contributed by atoms with Crippen LogP contribution in [0.1, 0.15) is 34.5 Å². The van der Waals surface area contributed by atoms with Crippen molar-refractivity contribution in [2.45, 2.75) is 19.4 Å². The third-order valence-corrected chi connectivity index (χ3v) is 5.03. The maximum Gasteiger partial charge on any atom is 0.294 e. The number of benzene rings is 2. The second-order valence-corrected chi connectivity index (χ2v) is 7.10. The molecule has 1 aliphatic rings. The average Bonchev–Trinajstić information content (AvgIpc) is 3.36. The van der Waals surface area contributed by atoms with Crippen LogP contribution in [0.15, 0.2) is 64.4 Å². The van der Waals surface area contributed by atoms with Crippen molar-refractivity contribution in [2.75, 3.05) is 19.5 Å². The minimum absolute atomic E-state index is 0.0445. The van der Waals surface area contributed by atoms with E-state index in [2.05, 4.69) is 15.6 Å². The highest BCUT2D eigenvalue weighted by molar-refractivity contribution is 6.04. The molecule has 0 saturated carbocycles. The van der Waals surface area contributed by atoms with E-state index >= 15 is 0 Å². The van der Waals surface area contributed by atoms with Gasteiger partial charge in [-0.3, -0.25) is 9.59 Å². The molecule has 1 N–H and O–H groups in total. The van der Waals surface area contributed by atoms with Gasteiger partial charge in [-0.15, -0.1) is 0 Å². The van der Waals surface area contributed by atoms with Gasteiger partial charge in [-0.2, -0.15) is 5.10 Å². The zero-order chi connectivity index (χ0) is 22.5. The van der Waals surface area contributed by atoms with E-state index in [1.165, 1.54) is 17.3 Å². The lowest BCUT2D eigenvalue weighted by Gasteiger charge is -2.24. The first-order valence-corrected chi connectivity index (χ1v) is 9.98. The van der Waals surface area contributed by atoms with Crippen LogP contribution in [0.2, 0.25) is 0 Å². The van der Waals surface area contributed by atoms with E-state index in [9.17, 15) is 9.59 Å². The molecule has 4 rings (SSSR count). The Morgan fingerprint density at radius 3 is 2.53 bits per heavy atom. The quantitative estimate of drug-likeness (QED) is 0.610. The first kappa shape index (κ1) is 21.1. The molecule has 2 aromatic carbocycles. The molecule has 0 unspecified atom stereocenters. The molecule has 0 fully saturated rings. The van der Waals surface area contributed by atoms with Gasteiger partial charge >= 0.3 is 0 Å². The maximum atomic E-state index is 12.4. The lowest BCUT2D eigenvalue weighted by molar-refractivity contribution is -0.132. The number of rotatable bonds is 7. The molecule has 3 aromatic rings. The molecule has 0 atom stereocenters. The maximum absolute atomic E-state index is 12.4. The van der Waals surface area contributed by atoms with E-state index in [0.29, 0.717) is 36.6 Å². The van der Waals surface area contributed by atoms with Gasteiger partial charge in [0.1, 0.15) is 0 Å². The monoisotopic (exact) mass is 434 g/mol. The number of nitrogens with one attached hydrogen (secondary N) is 1. The summed E-state index contributed by atoms with van der Waals surface area (Å²) in [5, 5.41) is 12.3. The van der Waals surface area contributed by atoms with Crippen LogP contribution in [0.25, 0.3) is 0 Å². The predicted octanol–water partition coefficient (Wildman–Crippen LogP) is 3.47. The van der Waals surface area contributed by atoms with E-state index in [1.54, 1.807) is 26.4 Å². The van der Waals surface area contributed by atoms with Gasteiger partial charge in [-0.1, -0.05) is 17.3 Å². The van der Waals surface area contributed by atoms with Crippen molar-refractivity contribution in [3.05, 3.63) is 71.6 Å². The van der Waals surface area contributed by atoms with Crippen LogP contribution < -0.4 is 14.8 Å². The normalized spacial score (nSPS) is 13.5. The molecule has 9 heteroatoms. The second kappa shape index (κ2) is 9.34. The van der Waals surface area contributed by atoms with Gasteiger partial charge in [0.25, 0.3) is 5.91 Å². The van der Waals surface area contributed by atoms with E-state index in [4.69, 9.17) is 14.0 Å². The van der Waals surface area contributed by atoms with Gasteiger partial charge in [-0.05, 0) is 35.9 Å². The minimum Gasteiger partial charge on any atom is -0.493 e. The number of amides is 2. The Labute approximate surface area is 184 Å². The third-order valence-electron chi connectivity index (χ3n) is 5.03. The number of hydrogen-bond acceptors (Lipinski definition) is 7. The van der Waals surface area contributed by atoms with Crippen LogP contribution in [0.3, 0.4) is 0 Å². The summed E-state index contributed by atoms with van der Waals surface area (Å²) >= 11 is 0. The van der Waals surface area contributed by atoms with Crippen LogP contribution >= 0.6 is 0 Å². The number of anilines is 1. The summed E-state index contributed by atoms with van der Waals surface area (Å²) in [5.74, 6) is 0.947. The highest BCUT2D eigenvalue weighted by Crippen LogP contribution is 2.29. The average molecular weight is 434 g/mol. The lowest BCUT2D eigenvalue weighted by atomic mass is 10.0. The van der Waals surface area contributed by atoms with E-state index < -0.39 is 0 Å². The second-order valence-electron chi connectivity index (χ2n) is 7.10. The Balaban J connectivity index is 1.47. The van der Waals surface area contributed by atoms with Gasteiger partial charge < -0.3 is 19.3 Å². The minimum atomic E-state index is -0.384. The number of nitrogens with zero attached hydrogens (tertiary/aromatic N) is 3. The largest absolute Gasteiger partial charge is 0.493 e. The molecule has 2 amide bonds. The van der Waals surface area contributed by atoms with Crippen LogP contribution in [-0.2, 0) is 11.3 Å². The number of hydrazone groups is 1. The number of methoxy groups -OCH3 is 2. The predicted molar refractivity (Wildman–Crippen MR) is 117 cm³/mol. The molecule has 0 aliphatic carbocycles. The molecule has 32 heavy (non-hydrogen) atoms. The van der Waals surface area contributed by atoms with Crippen LogP contribution in [0, 0.1) is 0 Å². The van der Waals surface area contributed by atoms with Crippen molar-refractivity contribution >= 4 is 23.2 Å². The highest BCUT2D eigenvalue weighted by Gasteiger charge is 2.22. The molecule has 0 radical (unpaired) electrons. The van der Waals surface area contributed by atoms with Gasteiger partial charge in [0.2, 0.25) is 11.7 Å². The molecule has 0 bridgehead atoms. The van der Waals surface area contributed by atoms with E-state index in [-0.39, 0.29) is 17.6 Å². The smallest absolute Gasteiger partial charge is 0.294 e. The van der Waals surface area contributed by atoms with Crippen molar-refractivity contribution in [1.29, 1.82) is 0 Å². The Hall–Kier alpha value is -4.14. The number of aromatic nitrogens is 1. The molecule has 9 nitrogen and oxygen atoms in total. The van der Waals surface area contributed by atoms with Crippen LogP contribution in [0.5, 0.6) is 11.5 Å². The van der Waals surface area contributed by atoms with Gasteiger partial charge in [0.05, 0.1) is 32.7 Å². The van der Waals surface area contributed by atoms with Crippen molar-refractivity contribution in [2.24, 2.45) is 5.10 Å². The zero-order valence-electron chi connectivity index (χ0n) is 17.7. The van der Waals surface area contributed by atoms with Crippen molar-refractivity contribution in [1.82, 2.24) is 10.2 Å². The zero-order valence-corrected chi connectivity index (χ0v) is 17.7. The fraction of sp³-hybridized carbons (Fsp3) is 0.217.